The molecule has 40 heavy (non-hydrogen) atoms. The number of likely N-dealkylation sites (tertiary alicyclic amines) is 1. The average molecular weight is 557 g/mol. The van der Waals surface area contributed by atoms with E-state index in [0.717, 1.165) is 37.3 Å². The number of alkyl halides is 2. The van der Waals surface area contributed by atoms with E-state index in [1.165, 1.54) is 12.8 Å². The van der Waals surface area contributed by atoms with E-state index in [1.54, 1.807) is 12.0 Å². The van der Waals surface area contributed by atoms with Gasteiger partial charge in [-0.25, -0.2) is 13.8 Å². The molecule has 0 saturated carbocycles. The molecule has 0 spiro atoms. The fourth-order valence-corrected chi connectivity index (χ4v) is 5.46. The molecule has 2 fully saturated rings. The largest absolute Gasteiger partial charge is 0.493 e. The number of aromatic nitrogens is 3. The van der Waals surface area contributed by atoms with Gasteiger partial charge in [-0.15, -0.1) is 0 Å². The third kappa shape index (κ3) is 6.46. The molecule has 2 aliphatic heterocycles. The zero-order chi connectivity index (χ0) is 28.3. The van der Waals surface area contributed by atoms with Crippen molar-refractivity contribution < 1.29 is 18.3 Å². The molecule has 1 aromatic carbocycles. The van der Waals surface area contributed by atoms with E-state index in [0.29, 0.717) is 46.3 Å². The maximum Gasteiger partial charge on any atom is 0.253 e. The van der Waals surface area contributed by atoms with Gasteiger partial charge < -0.3 is 29.6 Å². The number of hydrogen-bond donors (Lipinski definition) is 2. The second-order valence-electron chi connectivity index (χ2n) is 10.8. The maximum atomic E-state index is 13.9. The van der Waals surface area contributed by atoms with Crippen LogP contribution >= 0.6 is 0 Å². The maximum absolute atomic E-state index is 13.9. The molecule has 11 heteroatoms. The fourth-order valence-electron chi connectivity index (χ4n) is 5.46. The fraction of sp³-hybridized carbons (Fsp3) is 0.552. The summed E-state index contributed by atoms with van der Waals surface area (Å²) in [6.07, 6.45) is 2.91. The molecule has 4 heterocycles. The Morgan fingerprint density at radius 2 is 1.80 bits per heavy atom. The number of piperidine rings is 1. The van der Waals surface area contributed by atoms with Crippen LogP contribution in [0.2, 0.25) is 0 Å². The Bertz CT molecular complexity index is 1400. The lowest BCUT2D eigenvalue weighted by Gasteiger charge is -2.32. The molecule has 2 N–H and O–H groups in total. The Kier molecular flexibility index (Phi) is 8.39. The lowest BCUT2D eigenvalue weighted by atomic mass is 10.1. The van der Waals surface area contributed by atoms with E-state index in [2.05, 4.69) is 15.2 Å². The highest BCUT2D eigenvalue weighted by Crippen LogP contribution is 2.37. The van der Waals surface area contributed by atoms with Gasteiger partial charge in [0.2, 0.25) is 5.95 Å². The lowest BCUT2D eigenvalue weighted by molar-refractivity contribution is -0.0222. The summed E-state index contributed by atoms with van der Waals surface area (Å²) in [6, 6.07) is 5.57. The van der Waals surface area contributed by atoms with Gasteiger partial charge in [0.1, 0.15) is 5.82 Å². The van der Waals surface area contributed by atoms with Crippen LogP contribution in [-0.4, -0.2) is 72.2 Å². The van der Waals surface area contributed by atoms with E-state index in [9.17, 15) is 13.6 Å². The Morgan fingerprint density at radius 3 is 2.50 bits per heavy atom. The highest BCUT2D eigenvalue weighted by Gasteiger charge is 2.35. The zero-order valence-electron chi connectivity index (χ0n) is 23.5. The summed E-state index contributed by atoms with van der Waals surface area (Å²) in [7, 11) is 1.59. The number of hydrogen-bond acceptors (Lipinski definition) is 8. The number of anilines is 2. The van der Waals surface area contributed by atoms with Gasteiger partial charge in [0.25, 0.3) is 11.5 Å². The van der Waals surface area contributed by atoms with Gasteiger partial charge in [-0.05, 0) is 63.9 Å². The second kappa shape index (κ2) is 12.0. The Morgan fingerprint density at radius 1 is 1.05 bits per heavy atom. The molecule has 3 aromatic rings. The SMILES string of the molecule is COc1cc2c(NCc3c(C)cc(C)[nH]c3=O)nc(N3CCC(F)(F)CC3)nc2cc1OCCCN1CCCC1. The van der Waals surface area contributed by atoms with Crippen LogP contribution in [0.4, 0.5) is 20.5 Å². The minimum Gasteiger partial charge on any atom is -0.493 e. The number of H-pyrrole nitrogens is 1. The number of aryl methyl sites for hydroxylation is 2. The molecule has 0 unspecified atom stereocenters. The van der Waals surface area contributed by atoms with Crippen LogP contribution in [0, 0.1) is 13.8 Å². The summed E-state index contributed by atoms with van der Waals surface area (Å²) >= 11 is 0. The first-order valence-corrected chi connectivity index (χ1v) is 14.0. The smallest absolute Gasteiger partial charge is 0.253 e. The summed E-state index contributed by atoms with van der Waals surface area (Å²) in [6.45, 7) is 8.11. The third-order valence-electron chi connectivity index (χ3n) is 7.75. The van der Waals surface area contributed by atoms with Crippen molar-refractivity contribution in [3.63, 3.8) is 0 Å². The van der Waals surface area contributed by atoms with Gasteiger partial charge in [-0.1, -0.05) is 0 Å². The summed E-state index contributed by atoms with van der Waals surface area (Å²) in [5, 5.41) is 4.00. The minimum absolute atomic E-state index is 0.157. The lowest BCUT2D eigenvalue weighted by Crippen LogP contribution is -2.40. The number of methoxy groups -OCH3 is 1. The molecule has 0 aliphatic carbocycles. The quantitative estimate of drug-likeness (QED) is 0.349. The number of rotatable bonds is 10. The van der Waals surface area contributed by atoms with E-state index in [4.69, 9.17) is 19.4 Å². The van der Waals surface area contributed by atoms with Crippen molar-refractivity contribution in [1.29, 1.82) is 0 Å². The normalized spacial score (nSPS) is 17.4. The van der Waals surface area contributed by atoms with Gasteiger partial charge in [0.15, 0.2) is 11.5 Å². The van der Waals surface area contributed by atoms with Crippen molar-refractivity contribution in [2.45, 2.75) is 58.4 Å². The number of pyridine rings is 1. The summed E-state index contributed by atoms with van der Waals surface area (Å²) in [5.41, 5.74) is 2.70. The van der Waals surface area contributed by atoms with E-state index in [-0.39, 0.29) is 38.0 Å². The first-order chi connectivity index (χ1) is 19.2. The van der Waals surface area contributed by atoms with Crippen molar-refractivity contribution in [3.8, 4) is 11.5 Å². The summed E-state index contributed by atoms with van der Waals surface area (Å²) in [4.78, 5) is 29.2. The van der Waals surface area contributed by atoms with Gasteiger partial charge in [0.05, 0.1) is 19.2 Å². The standard InChI is InChI=1S/C29H38F2N6O3/c1-19-15-20(2)33-27(38)22(19)18-32-26-21-16-24(39-3)25(40-14-6-11-36-9-4-5-10-36)17-23(21)34-28(35-26)37-12-7-29(30,31)8-13-37/h15-17H,4-14,18H2,1-3H3,(H,33,38)(H,32,34,35). The van der Waals surface area contributed by atoms with Gasteiger partial charge in [-0.2, -0.15) is 4.98 Å². The molecule has 0 bridgehead atoms. The molecular formula is C29H38F2N6O3. The molecule has 0 atom stereocenters. The van der Waals surface area contributed by atoms with E-state index < -0.39 is 5.92 Å². The highest BCUT2D eigenvalue weighted by molar-refractivity contribution is 5.92. The molecule has 0 amide bonds. The number of nitrogens with one attached hydrogen (secondary N) is 2. The molecule has 2 aliphatic rings. The predicted octanol–water partition coefficient (Wildman–Crippen LogP) is 4.66. The van der Waals surface area contributed by atoms with Crippen molar-refractivity contribution in [3.05, 3.63) is 45.4 Å². The molecule has 2 saturated heterocycles. The van der Waals surface area contributed by atoms with Crippen molar-refractivity contribution in [2.75, 3.05) is 56.7 Å². The molecular weight excluding hydrogens is 518 g/mol. The van der Waals surface area contributed by atoms with Crippen molar-refractivity contribution in [1.82, 2.24) is 19.9 Å². The number of ether oxygens (including phenoxy) is 2. The number of aromatic amines is 1. The summed E-state index contributed by atoms with van der Waals surface area (Å²) < 4.78 is 39.5. The van der Waals surface area contributed by atoms with Crippen LogP contribution in [0.25, 0.3) is 10.9 Å². The van der Waals surface area contributed by atoms with Gasteiger partial charge in [-0.3, -0.25) is 4.79 Å². The first-order valence-electron chi connectivity index (χ1n) is 14.0. The van der Waals surface area contributed by atoms with E-state index >= 15 is 0 Å². The Hall–Kier alpha value is -3.47. The number of nitrogens with zero attached hydrogens (tertiary/aromatic N) is 4. The highest BCUT2D eigenvalue weighted by atomic mass is 19.3. The monoisotopic (exact) mass is 556 g/mol. The predicted molar refractivity (Wildman–Crippen MR) is 152 cm³/mol. The minimum atomic E-state index is -2.68. The Labute approximate surface area is 232 Å². The van der Waals surface area contributed by atoms with Crippen LogP contribution in [0.15, 0.2) is 23.0 Å². The van der Waals surface area contributed by atoms with Crippen LogP contribution in [0.1, 0.15) is 48.9 Å². The molecule has 9 nitrogen and oxygen atoms in total. The van der Waals surface area contributed by atoms with E-state index in [1.807, 2.05) is 32.0 Å². The second-order valence-corrected chi connectivity index (χ2v) is 10.8. The summed E-state index contributed by atoms with van der Waals surface area (Å²) in [5.74, 6) is -0.694. The Balaban J connectivity index is 1.44. The molecule has 2 aromatic heterocycles. The molecule has 0 radical (unpaired) electrons. The number of benzene rings is 1. The van der Waals surface area contributed by atoms with Gasteiger partial charge in [0, 0.05) is 61.7 Å². The third-order valence-corrected chi connectivity index (χ3v) is 7.75. The van der Waals surface area contributed by atoms with Crippen LogP contribution in [0.3, 0.4) is 0 Å². The van der Waals surface area contributed by atoms with Crippen LogP contribution in [0.5, 0.6) is 11.5 Å². The van der Waals surface area contributed by atoms with Crippen molar-refractivity contribution >= 4 is 22.7 Å². The van der Waals surface area contributed by atoms with Crippen LogP contribution < -0.4 is 25.2 Å². The zero-order valence-corrected chi connectivity index (χ0v) is 23.5. The topological polar surface area (TPSA) is 95.6 Å². The van der Waals surface area contributed by atoms with Gasteiger partial charge >= 0.3 is 0 Å². The molecule has 216 valence electrons. The molecule has 5 rings (SSSR count). The number of fused-ring (bicyclic) bond motifs is 1. The average Bonchev–Trinajstić information content (AvgIpc) is 3.43. The first kappa shape index (κ1) is 28.1. The van der Waals surface area contributed by atoms with Crippen molar-refractivity contribution in [2.24, 2.45) is 0 Å². The van der Waals surface area contributed by atoms with Crippen LogP contribution in [-0.2, 0) is 6.54 Å². The number of halogens is 2.